The fraction of sp³-hybridized carbons (Fsp3) is 0.0714. The van der Waals surface area contributed by atoms with Gasteiger partial charge < -0.3 is 4.57 Å². The van der Waals surface area contributed by atoms with Crippen LogP contribution < -0.4 is 0 Å². The lowest BCUT2D eigenvalue weighted by Crippen LogP contribution is -2.00. The highest BCUT2D eigenvalue weighted by Crippen LogP contribution is 2.19. The van der Waals surface area contributed by atoms with Crippen molar-refractivity contribution in [2.24, 2.45) is 0 Å². The zero-order valence-corrected chi connectivity index (χ0v) is 11.5. The van der Waals surface area contributed by atoms with Gasteiger partial charge in [0.15, 0.2) is 6.29 Å². The lowest BCUT2D eigenvalue weighted by atomic mass is 10.2. The molecule has 0 saturated carbocycles. The van der Waals surface area contributed by atoms with Crippen molar-refractivity contribution < 1.29 is 4.79 Å². The van der Waals surface area contributed by atoms with Crippen molar-refractivity contribution in [2.45, 2.75) is 6.54 Å². The van der Waals surface area contributed by atoms with Crippen LogP contribution in [0.25, 0.3) is 11.0 Å². The second kappa shape index (κ2) is 4.93. The number of nitrogens with zero attached hydrogens (tertiary/aromatic N) is 3. The van der Waals surface area contributed by atoms with E-state index < -0.39 is 0 Å². The molecule has 3 aromatic rings. The van der Waals surface area contributed by atoms with Gasteiger partial charge in [-0.2, -0.15) is 0 Å². The van der Waals surface area contributed by atoms with Crippen LogP contribution in [0.2, 0.25) is 0 Å². The maximum atomic E-state index is 11.1. The highest BCUT2D eigenvalue weighted by atomic mass is 79.9. The van der Waals surface area contributed by atoms with E-state index in [1.165, 1.54) is 0 Å². The van der Waals surface area contributed by atoms with Crippen molar-refractivity contribution in [1.29, 1.82) is 0 Å². The van der Waals surface area contributed by atoms with Crippen LogP contribution in [-0.2, 0) is 6.54 Å². The number of halogens is 1. The third kappa shape index (κ3) is 2.29. The summed E-state index contributed by atoms with van der Waals surface area (Å²) in [7, 11) is 0. The molecule has 0 spiro atoms. The van der Waals surface area contributed by atoms with Gasteiger partial charge in [0.05, 0.1) is 12.2 Å². The van der Waals surface area contributed by atoms with E-state index in [-0.39, 0.29) is 0 Å². The highest BCUT2D eigenvalue weighted by Gasteiger charge is 2.09. The summed E-state index contributed by atoms with van der Waals surface area (Å²) in [5.41, 5.74) is 2.37. The largest absolute Gasteiger partial charge is 0.326 e. The van der Waals surface area contributed by atoms with Crippen molar-refractivity contribution >= 4 is 33.2 Å². The van der Waals surface area contributed by atoms with E-state index in [2.05, 4.69) is 25.9 Å². The maximum Gasteiger partial charge on any atom is 0.152 e. The molecule has 0 atom stereocenters. The summed E-state index contributed by atoms with van der Waals surface area (Å²) in [4.78, 5) is 19.7. The molecule has 19 heavy (non-hydrogen) atoms. The summed E-state index contributed by atoms with van der Waals surface area (Å²) in [6, 6.07) is 7.62. The van der Waals surface area contributed by atoms with Gasteiger partial charge in [0.1, 0.15) is 5.65 Å². The summed E-state index contributed by atoms with van der Waals surface area (Å²) >= 11 is 3.36. The first-order chi connectivity index (χ1) is 9.28. The van der Waals surface area contributed by atoms with Crippen molar-refractivity contribution in [3.63, 3.8) is 0 Å². The Morgan fingerprint density at radius 2 is 2.16 bits per heavy atom. The molecule has 3 aromatic heterocycles. The Hall–Kier alpha value is -2.01. The van der Waals surface area contributed by atoms with Gasteiger partial charge in [-0.1, -0.05) is 0 Å². The number of hydrogen-bond donors (Lipinski definition) is 0. The van der Waals surface area contributed by atoms with Crippen LogP contribution >= 0.6 is 15.9 Å². The molecule has 0 N–H and O–H groups in total. The zero-order valence-electron chi connectivity index (χ0n) is 9.95. The van der Waals surface area contributed by atoms with Gasteiger partial charge >= 0.3 is 0 Å². The molecule has 0 aliphatic carbocycles. The van der Waals surface area contributed by atoms with E-state index >= 15 is 0 Å². The number of carbonyl (C=O) groups excluding carboxylic acids is 1. The number of carbonyl (C=O) groups is 1. The second-order valence-corrected chi connectivity index (χ2v) is 5.09. The normalized spacial score (nSPS) is 10.8. The molecule has 0 fully saturated rings. The van der Waals surface area contributed by atoms with E-state index in [9.17, 15) is 4.79 Å². The van der Waals surface area contributed by atoms with Crippen LogP contribution in [0.5, 0.6) is 0 Å². The fourth-order valence-electron chi connectivity index (χ4n) is 2.04. The molecule has 94 valence electrons. The number of rotatable bonds is 3. The quantitative estimate of drug-likeness (QED) is 0.698. The predicted octanol–water partition coefficient (Wildman–Crippen LogP) is 3.05. The summed E-state index contributed by atoms with van der Waals surface area (Å²) in [6.45, 7) is 0.592. The molecule has 3 rings (SSSR count). The average molecular weight is 316 g/mol. The molecule has 0 amide bonds. The molecular formula is C14H10BrN3O. The van der Waals surface area contributed by atoms with Gasteiger partial charge in [-0.05, 0) is 40.2 Å². The Kier molecular flexibility index (Phi) is 3.13. The van der Waals surface area contributed by atoms with Gasteiger partial charge in [-0.3, -0.25) is 9.78 Å². The summed E-state index contributed by atoms with van der Waals surface area (Å²) < 4.78 is 2.88. The molecule has 5 heteroatoms. The van der Waals surface area contributed by atoms with Crippen LogP contribution in [0.4, 0.5) is 0 Å². The van der Waals surface area contributed by atoms with Gasteiger partial charge in [0.2, 0.25) is 0 Å². The first-order valence-electron chi connectivity index (χ1n) is 5.77. The number of aromatic nitrogens is 3. The van der Waals surface area contributed by atoms with Crippen molar-refractivity contribution in [3.8, 4) is 0 Å². The fourth-order valence-corrected chi connectivity index (χ4v) is 2.27. The third-order valence-electron chi connectivity index (χ3n) is 2.91. The Morgan fingerprint density at radius 1 is 1.26 bits per heavy atom. The van der Waals surface area contributed by atoms with Gasteiger partial charge in [-0.15, -0.1) is 0 Å². The third-order valence-corrected chi connectivity index (χ3v) is 3.38. The minimum Gasteiger partial charge on any atom is -0.326 e. The van der Waals surface area contributed by atoms with E-state index in [0.717, 1.165) is 27.5 Å². The maximum absolute atomic E-state index is 11.1. The molecule has 0 bridgehead atoms. The smallest absolute Gasteiger partial charge is 0.152 e. The Bertz CT molecular complexity index is 734. The van der Waals surface area contributed by atoms with Crippen LogP contribution in [0.15, 0.2) is 47.3 Å². The topological polar surface area (TPSA) is 47.8 Å². The van der Waals surface area contributed by atoms with Gasteiger partial charge in [0.25, 0.3) is 0 Å². The van der Waals surface area contributed by atoms with Crippen LogP contribution in [0.3, 0.4) is 0 Å². The Balaban J connectivity index is 2.05. The van der Waals surface area contributed by atoms with Crippen LogP contribution in [0, 0.1) is 0 Å². The first-order valence-corrected chi connectivity index (χ1v) is 6.56. The number of fused-ring (bicyclic) bond motifs is 1. The minimum atomic E-state index is 0.592. The second-order valence-electron chi connectivity index (χ2n) is 4.17. The Morgan fingerprint density at radius 3 is 2.89 bits per heavy atom. The molecule has 0 aliphatic heterocycles. The molecule has 3 heterocycles. The first kappa shape index (κ1) is 12.0. The lowest BCUT2D eigenvalue weighted by Gasteiger charge is -2.03. The van der Waals surface area contributed by atoms with E-state index in [0.29, 0.717) is 12.1 Å². The molecule has 0 aromatic carbocycles. The van der Waals surface area contributed by atoms with Crippen molar-refractivity contribution in [2.75, 3.05) is 0 Å². The van der Waals surface area contributed by atoms with Gasteiger partial charge in [0, 0.05) is 34.0 Å². The van der Waals surface area contributed by atoms with E-state index in [1.54, 1.807) is 12.4 Å². The lowest BCUT2D eigenvalue weighted by molar-refractivity contribution is 0.112. The van der Waals surface area contributed by atoms with Gasteiger partial charge in [-0.25, -0.2) is 4.98 Å². The molecule has 0 saturated heterocycles. The highest BCUT2D eigenvalue weighted by molar-refractivity contribution is 9.10. The predicted molar refractivity (Wildman–Crippen MR) is 76.2 cm³/mol. The molecule has 0 radical (unpaired) electrons. The summed E-state index contributed by atoms with van der Waals surface area (Å²) in [6.07, 6.45) is 6.15. The van der Waals surface area contributed by atoms with E-state index in [4.69, 9.17) is 0 Å². The van der Waals surface area contributed by atoms with Crippen molar-refractivity contribution in [1.82, 2.24) is 14.5 Å². The van der Waals surface area contributed by atoms with Crippen LogP contribution in [0.1, 0.15) is 16.1 Å². The number of hydrogen-bond acceptors (Lipinski definition) is 3. The SMILES string of the molecule is O=Cc1cn(Cc2ccc(Br)cn2)c2ncccc12. The minimum absolute atomic E-state index is 0.592. The number of aldehydes is 1. The molecule has 0 unspecified atom stereocenters. The zero-order chi connectivity index (χ0) is 13.2. The standard InChI is InChI=1S/C14H10BrN3O/c15-11-3-4-12(17-6-11)8-18-7-10(9-19)13-2-1-5-16-14(13)18/h1-7,9H,8H2. The summed E-state index contributed by atoms with van der Waals surface area (Å²) in [5.74, 6) is 0. The summed E-state index contributed by atoms with van der Waals surface area (Å²) in [5, 5.41) is 0.870. The van der Waals surface area contributed by atoms with Crippen LogP contribution in [-0.4, -0.2) is 20.8 Å². The molecule has 0 aliphatic rings. The van der Waals surface area contributed by atoms with E-state index in [1.807, 2.05) is 35.0 Å². The number of pyridine rings is 2. The monoisotopic (exact) mass is 315 g/mol. The van der Waals surface area contributed by atoms with Crippen molar-refractivity contribution in [3.05, 3.63) is 58.6 Å². The molecular weight excluding hydrogens is 306 g/mol. The average Bonchev–Trinajstić information content (AvgIpc) is 2.80. The molecule has 4 nitrogen and oxygen atoms in total. The Labute approximate surface area is 118 Å².